The molecule has 30 heavy (non-hydrogen) atoms. The fourth-order valence-electron chi connectivity index (χ4n) is 3.87. The molecule has 0 spiro atoms. The molecular formula is C23H28N4O2S. The summed E-state index contributed by atoms with van der Waals surface area (Å²) < 4.78 is 8.29. The van der Waals surface area contributed by atoms with Gasteiger partial charge in [0.1, 0.15) is 11.3 Å². The minimum atomic E-state index is -0.469. The van der Waals surface area contributed by atoms with Crippen molar-refractivity contribution in [2.24, 2.45) is 0 Å². The lowest BCUT2D eigenvalue weighted by Crippen LogP contribution is -2.30. The highest BCUT2D eigenvalue weighted by Crippen LogP contribution is 2.33. The van der Waals surface area contributed by atoms with Crippen LogP contribution in [0.5, 0.6) is 0 Å². The number of thiazole rings is 1. The highest BCUT2D eigenvalue weighted by Gasteiger charge is 2.29. The van der Waals surface area contributed by atoms with Gasteiger partial charge in [-0.15, -0.1) is 11.3 Å². The van der Waals surface area contributed by atoms with E-state index in [4.69, 9.17) is 4.74 Å². The molecule has 6 nitrogen and oxygen atoms in total. The van der Waals surface area contributed by atoms with Crippen LogP contribution in [-0.2, 0) is 16.9 Å². The largest absolute Gasteiger partial charge is 0.366 e. The molecule has 3 heterocycles. The zero-order valence-corrected chi connectivity index (χ0v) is 18.3. The van der Waals surface area contributed by atoms with Crippen molar-refractivity contribution in [3.05, 3.63) is 65.2 Å². The molecule has 1 saturated carbocycles. The third kappa shape index (κ3) is 4.96. The van der Waals surface area contributed by atoms with Crippen molar-refractivity contribution in [2.75, 3.05) is 5.32 Å². The minimum Gasteiger partial charge on any atom is -0.366 e. The summed E-state index contributed by atoms with van der Waals surface area (Å²) in [6.07, 6.45) is 11.7. The van der Waals surface area contributed by atoms with Gasteiger partial charge < -0.3 is 9.30 Å². The summed E-state index contributed by atoms with van der Waals surface area (Å²) in [4.78, 5) is 21.5. The van der Waals surface area contributed by atoms with E-state index in [0.29, 0.717) is 23.5 Å². The second kappa shape index (κ2) is 9.10. The van der Waals surface area contributed by atoms with Gasteiger partial charge >= 0.3 is 0 Å². The number of hydrogen-bond acceptors (Lipinski definition) is 5. The van der Waals surface area contributed by atoms with E-state index < -0.39 is 5.60 Å². The first kappa shape index (κ1) is 20.8. The number of nitrogens with one attached hydrogen (secondary N) is 1. The van der Waals surface area contributed by atoms with Crippen molar-refractivity contribution in [3.63, 3.8) is 0 Å². The zero-order chi connectivity index (χ0) is 21.0. The minimum absolute atomic E-state index is 0.166. The zero-order valence-electron chi connectivity index (χ0n) is 17.5. The van der Waals surface area contributed by atoms with Crippen LogP contribution in [0, 0.1) is 0 Å². The van der Waals surface area contributed by atoms with Crippen LogP contribution in [0.4, 0.5) is 5.13 Å². The first-order valence-corrected chi connectivity index (χ1v) is 11.4. The molecule has 3 aromatic rings. The van der Waals surface area contributed by atoms with Gasteiger partial charge in [-0.2, -0.15) is 0 Å². The third-order valence-corrected chi connectivity index (χ3v) is 6.28. The normalized spacial score (nSPS) is 15.3. The summed E-state index contributed by atoms with van der Waals surface area (Å²) in [5, 5.41) is 5.52. The lowest BCUT2D eigenvalue weighted by Gasteiger charge is -2.31. The lowest BCUT2D eigenvalue weighted by atomic mass is 9.96. The number of pyridine rings is 1. The Morgan fingerprint density at radius 3 is 2.77 bits per heavy atom. The van der Waals surface area contributed by atoms with Gasteiger partial charge in [0, 0.05) is 30.5 Å². The Morgan fingerprint density at radius 2 is 2.00 bits per heavy atom. The second-order valence-electron chi connectivity index (χ2n) is 8.26. The molecule has 0 aromatic carbocycles. The van der Waals surface area contributed by atoms with Gasteiger partial charge in [-0.25, -0.2) is 4.98 Å². The van der Waals surface area contributed by atoms with E-state index in [9.17, 15) is 4.79 Å². The van der Waals surface area contributed by atoms with Gasteiger partial charge in [-0.3, -0.25) is 15.1 Å². The molecule has 3 aromatic heterocycles. The molecule has 1 N–H and O–H groups in total. The summed E-state index contributed by atoms with van der Waals surface area (Å²) in [5.41, 5.74) is 2.08. The molecule has 158 valence electrons. The van der Waals surface area contributed by atoms with Gasteiger partial charge in [0.25, 0.3) is 5.91 Å². The van der Waals surface area contributed by atoms with Gasteiger partial charge in [-0.05, 0) is 56.5 Å². The Labute approximate surface area is 181 Å². The van der Waals surface area contributed by atoms with E-state index in [0.717, 1.165) is 24.1 Å². The van der Waals surface area contributed by atoms with Crippen LogP contribution < -0.4 is 5.32 Å². The fraction of sp³-hybridized carbons (Fsp3) is 0.435. The van der Waals surface area contributed by atoms with Crippen LogP contribution in [0.3, 0.4) is 0 Å². The average Bonchev–Trinajstić information content (AvgIpc) is 3.39. The average molecular weight is 425 g/mol. The van der Waals surface area contributed by atoms with E-state index in [1.165, 1.54) is 30.6 Å². The van der Waals surface area contributed by atoms with Crippen molar-refractivity contribution >= 4 is 22.4 Å². The number of carbonyl (C=O) groups is 1. The van der Waals surface area contributed by atoms with Crippen LogP contribution >= 0.6 is 11.3 Å². The van der Waals surface area contributed by atoms with Crippen molar-refractivity contribution in [1.29, 1.82) is 0 Å². The Morgan fingerprint density at radius 1 is 1.23 bits per heavy atom. The molecular weight excluding hydrogens is 396 g/mol. The third-order valence-electron chi connectivity index (χ3n) is 5.52. The Hall–Kier alpha value is -2.51. The molecule has 1 aliphatic carbocycles. The van der Waals surface area contributed by atoms with E-state index in [1.54, 1.807) is 12.4 Å². The summed E-state index contributed by atoms with van der Waals surface area (Å²) in [5.74, 6) is -0.166. The summed E-state index contributed by atoms with van der Waals surface area (Å²) in [6, 6.07) is 7.60. The maximum atomic E-state index is 12.9. The molecule has 0 radical (unpaired) electrons. The van der Waals surface area contributed by atoms with Gasteiger partial charge in [0.15, 0.2) is 5.13 Å². The molecule has 0 unspecified atom stereocenters. The molecule has 0 saturated heterocycles. The molecule has 0 atom stereocenters. The fourth-order valence-corrected chi connectivity index (χ4v) is 4.73. The number of aromatic nitrogens is 3. The Balaban J connectivity index is 1.41. The number of amides is 1. The van der Waals surface area contributed by atoms with Crippen LogP contribution in [0.15, 0.2) is 48.2 Å². The molecule has 7 heteroatoms. The Bertz CT molecular complexity index is 974. The smallest absolute Gasteiger partial charge is 0.274 e. The molecule has 1 fully saturated rings. The summed E-state index contributed by atoms with van der Waals surface area (Å²) in [6.45, 7) is 4.73. The van der Waals surface area contributed by atoms with E-state index >= 15 is 0 Å². The SMILES string of the molecule is CC(C)(OC1CCCCC1)c1csc(NC(=O)c2cccn2Cc2ccncc2)n1. The maximum Gasteiger partial charge on any atom is 0.274 e. The first-order chi connectivity index (χ1) is 14.5. The quantitative estimate of drug-likeness (QED) is 0.564. The van der Waals surface area contributed by atoms with Gasteiger partial charge in [0.05, 0.1) is 11.8 Å². The number of anilines is 1. The van der Waals surface area contributed by atoms with Crippen LogP contribution in [0.2, 0.25) is 0 Å². The first-order valence-electron chi connectivity index (χ1n) is 10.5. The molecule has 0 bridgehead atoms. The van der Waals surface area contributed by atoms with E-state index in [-0.39, 0.29) is 5.91 Å². The summed E-state index contributed by atoms with van der Waals surface area (Å²) in [7, 11) is 0. The van der Waals surface area contributed by atoms with Crippen molar-refractivity contribution in [3.8, 4) is 0 Å². The second-order valence-corrected chi connectivity index (χ2v) is 9.12. The van der Waals surface area contributed by atoms with Crippen LogP contribution in [-0.4, -0.2) is 26.5 Å². The van der Waals surface area contributed by atoms with Crippen molar-refractivity contribution in [1.82, 2.24) is 14.5 Å². The van der Waals surface area contributed by atoms with Crippen molar-refractivity contribution < 1.29 is 9.53 Å². The number of rotatable bonds is 7. The molecule has 0 aliphatic heterocycles. The number of ether oxygens (including phenoxy) is 1. The van der Waals surface area contributed by atoms with E-state index in [2.05, 4.69) is 29.1 Å². The predicted molar refractivity (Wildman–Crippen MR) is 119 cm³/mol. The van der Waals surface area contributed by atoms with Gasteiger partial charge in [0.2, 0.25) is 0 Å². The van der Waals surface area contributed by atoms with Crippen LogP contribution in [0.1, 0.15) is 67.7 Å². The molecule has 1 aliphatic rings. The highest BCUT2D eigenvalue weighted by molar-refractivity contribution is 7.14. The standard InChI is InChI=1S/C23H28N4O2S/c1-23(2,29-18-7-4-3-5-8-18)20-16-30-22(25-20)26-21(28)19-9-6-14-27(19)15-17-10-12-24-13-11-17/h6,9-14,16,18H,3-5,7-8,15H2,1-2H3,(H,25,26,28). The van der Waals surface area contributed by atoms with E-state index in [1.807, 2.05) is 40.4 Å². The number of nitrogens with zero attached hydrogens (tertiary/aromatic N) is 3. The Kier molecular flexibility index (Phi) is 6.29. The van der Waals surface area contributed by atoms with Gasteiger partial charge in [-0.1, -0.05) is 19.3 Å². The summed E-state index contributed by atoms with van der Waals surface area (Å²) >= 11 is 1.43. The highest BCUT2D eigenvalue weighted by atomic mass is 32.1. The topological polar surface area (TPSA) is 69.0 Å². The lowest BCUT2D eigenvalue weighted by molar-refractivity contribution is -0.0908. The molecule has 1 amide bonds. The monoisotopic (exact) mass is 424 g/mol. The number of hydrogen-bond donors (Lipinski definition) is 1. The maximum absolute atomic E-state index is 12.9. The predicted octanol–water partition coefficient (Wildman–Crippen LogP) is 5.22. The molecule has 4 rings (SSSR count). The van der Waals surface area contributed by atoms with Crippen molar-refractivity contribution in [2.45, 2.75) is 64.2 Å². The van der Waals surface area contributed by atoms with Crippen LogP contribution in [0.25, 0.3) is 0 Å². The number of carbonyl (C=O) groups excluding carboxylic acids is 1.